The van der Waals surface area contributed by atoms with Gasteiger partial charge in [0.15, 0.2) is 0 Å². The Labute approximate surface area is 138 Å². The number of anilines is 1. The van der Waals surface area contributed by atoms with Crippen molar-refractivity contribution in [2.24, 2.45) is 5.92 Å². The SMILES string of the molecule is Cc1ccc([C@H](CNC[C@H]2CNc3ccnn3C2)N(C)C)cc1. The molecule has 0 radical (unpaired) electrons. The summed E-state index contributed by atoms with van der Waals surface area (Å²) >= 11 is 0. The van der Waals surface area contributed by atoms with Gasteiger partial charge < -0.3 is 15.5 Å². The molecule has 1 aromatic heterocycles. The number of likely N-dealkylation sites (N-methyl/N-ethyl adjacent to an activating group) is 1. The Morgan fingerprint density at radius 1 is 1.30 bits per heavy atom. The first-order valence-corrected chi connectivity index (χ1v) is 8.33. The minimum absolute atomic E-state index is 0.396. The fourth-order valence-electron chi connectivity index (χ4n) is 3.13. The molecule has 2 heterocycles. The molecule has 0 saturated carbocycles. The Morgan fingerprint density at radius 3 is 2.83 bits per heavy atom. The molecule has 5 nitrogen and oxygen atoms in total. The van der Waals surface area contributed by atoms with E-state index in [4.69, 9.17) is 0 Å². The third-order valence-corrected chi connectivity index (χ3v) is 4.58. The molecule has 0 aliphatic carbocycles. The summed E-state index contributed by atoms with van der Waals surface area (Å²) in [5.41, 5.74) is 2.67. The number of aryl methyl sites for hydroxylation is 1. The summed E-state index contributed by atoms with van der Waals surface area (Å²) in [5.74, 6) is 1.70. The van der Waals surface area contributed by atoms with Crippen LogP contribution >= 0.6 is 0 Å². The summed E-state index contributed by atoms with van der Waals surface area (Å²) < 4.78 is 2.05. The molecule has 0 bridgehead atoms. The lowest BCUT2D eigenvalue weighted by molar-refractivity contribution is 0.279. The molecule has 1 aromatic carbocycles. The van der Waals surface area contributed by atoms with Gasteiger partial charge in [0.2, 0.25) is 0 Å². The third-order valence-electron chi connectivity index (χ3n) is 4.58. The Balaban J connectivity index is 1.53. The molecule has 2 N–H and O–H groups in total. The van der Waals surface area contributed by atoms with Crippen molar-refractivity contribution in [3.8, 4) is 0 Å². The van der Waals surface area contributed by atoms with Gasteiger partial charge in [-0.1, -0.05) is 29.8 Å². The molecule has 23 heavy (non-hydrogen) atoms. The van der Waals surface area contributed by atoms with Gasteiger partial charge in [-0.3, -0.25) is 0 Å². The number of aromatic nitrogens is 2. The largest absolute Gasteiger partial charge is 0.370 e. The average Bonchev–Trinajstić information content (AvgIpc) is 3.00. The maximum Gasteiger partial charge on any atom is 0.124 e. The number of benzene rings is 1. The Bertz CT molecular complexity index is 617. The minimum Gasteiger partial charge on any atom is -0.370 e. The molecule has 0 fully saturated rings. The Hall–Kier alpha value is -1.85. The van der Waals surface area contributed by atoms with Crippen molar-refractivity contribution in [3.05, 3.63) is 47.7 Å². The molecule has 5 heteroatoms. The van der Waals surface area contributed by atoms with Crippen molar-refractivity contribution in [2.75, 3.05) is 39.0 Å². The number of hydrogen-bond donors (Lipinski definition) is 2. The average molecular weight is 313 g/mol. The van der Waals surface area contributed by atoms with E-state index >= 15 is 0 Å². The molecular formula is C18H27N5. The predicted octanol–water partition coefficient (Wildman–Crippen LogP) is 2.13. The van der Waals surface area contributed by atoms with Crippen LogP contribution in [0.5, 0.6) is 0 Å². The highest BCUT2D eigenvalue weighted by atomic mass is 15.3. The van der Waals surface area contributed by atoms with E-state index in [1.54, 1.807) is 0 Å². The first kappa shape index (κ1) is 16.0. The number of rotatable bonds is 6. The van der Waals surface area contributed by atoms with Crippen LogP contribution in [0.15, 0.2) is 36.5 Å². The predicted molar refractivity (Wildman–Crippen MR) is 94.7 cm³/mol. The highest BCUT2D eigenvalue weighted by Gasteiger charge is 2.19. The third kappa shape index (κ3) is 3.92. The zero-order valence-corrected chi connectivity index (χ0v) is 14.3. The Morgan fingerprint density at radius 2 is 2.09 bits per heavy atom. The fraction of sp³-hybridized carbons (Fsp3) is 0.500. The van der Waals surface area contributed by atoms with E-state index in [9.17, 15) is 0 Å². The van der Waals surface area contributed by atoms with Gasteiger partial charge >= 0.3 is 0 Å². The molecule has 2 aromatic rings. The molecule has 0 unspecified atom stereocenters. The lowest BCUT2D eigenvalue weighted by Crippen LogP contribution is -2.38. The second-order valence-corrected chi connectivity index (χ2v) is 6.69. The van der Waals surface area contributed by atoms with Gasteiger partial charge in [-0.2, -0.15) is 5.10 Å². The van der Waals surface area contributed by atoms with Crippen LogP contribution in [0.4, 0.5) is 5.82 Å². The van der Waals surface area contributed by atoms with Crippen molar-refractivity contribution < 1.29 is 0 Å². The fourth-order valence-corrected chi connectivity index (χ4v) is 3.13. The Kier molecular flexibility index (Phi) is 4.98. The van der Waals surface area contributed by atoms with Crippen LogP contribution in [0.3, 0.4) is 0 Å². The van der Waals surface area contributed by atoms with Crippen LogP contribution in [0.1, 0.15) is 17.2 Å². The molecule has 0 saturated heterocycles. The molecule has 124 valence electrons. The molecule has 0 spiro atoms. The maximum absolute atomic E-state index is 4.35. The van der Waals surface area contributed by atoms with Crippen molar-refractivity contribution in [1.29, 1.82) is 0 Å². The molecule has 3 rings (SSSR count). The number of nitrogens with zero attached hydrogens (tertiary/aromatic N) is 3. The lowest BCUT2D eigenvalue weighted by atomic mass is 10.0. The van der Waals surface area contributed by atoms with E-state index in [0.29, 0.717) is 12.0 Å². The van der Waals surface area contributed by atoms with E-state index in [1.165, 1.54) is 11.1 Å². The highest BCUT2D eigenvalue weighted by molar-refractivity contribution is 5.35. The van der Waals surface area contributed by atoms with Gasteiger partial charge in [-0.05, 0) is 26.6 Å². The molecular weight excluding hydrogens is 286 g/mol. The molecule has 0 amide bonds. The summed E-state index contributed by atoms with van der Waals surface area (Å²) in [7, 11) is 4.29. The summed E-state index contributed by atoms with van der Waals surface area (Å²) in [6.45, 7) is 6.09. The lowest BCUT2D eigenvalue weighted by Gasteiger charge is -2.28. The highest BCUT2D eigenvalue weighted by Crippen LogP contribution is 2.19. The first-order valence-electron chi connectivity index (χ1n) is 8.33. The van der Waals surface area contributed by atoms with E-state index in [-0.39, 0.29) is 0 Å². The van der Waals surface area contributed by atoms with Crippen LogP contribution in [0, 0.1) is 12.8 Å². The standard InChI is InChI=1S/C18H27N5/c1-14-4-6-16(7-5-14)17(22(2)3)12-19-10-15-11-20-18-8-9-21-23(18)13-15/h4-9,15,17,19-20H,10-13H2,1-3H3/t15-,17-/m0/s1. The van der Waals surface area contributed by atoms with Crippen molar-refractivity contribution >= 4 is 5.82 Å². The van der Waals surface area contributed by atoms with Gasteiger partial charge in [-0.15, -0.1) is 0 Å². The van der Waals surface area contributed by atoms with Crippen LogP contribution < -0.4 is 10.6 Å². The van der Waals surface area contributed by atoms with Crippen LogP contribution in [0.2, 0.25) is 0 Å². The second kappa shape index (κ2) is 7.15. The van der Waals surface area contributed by atoms with E-state index < -0.39 is 0 Å². The second-order valence-electron chi connectivity index (χ2n) is 6.69. The number of fused-ring (bicyclic) bond motifs is 1. The number of hydrogen-bond acceptors (Lipinski definition) is 4. The topological polar surface area (TPSA) is 45.1 Å². The van der Waals surface area contributed by atoms with Crippen LogP contribution in [-0.2, 0) is 6.54 Å². The number of nitrogens with one attached hydrogen (secondary N) is 2. The summed E-state index contributed by atoms with van der Waals surface area (Å²) in [4.78, 5) is 2.28. The molecule has 2 atom stereocenters. The minimum atomic E-state index is 0.396. The normalized spacial score (nSPS) is 18.5. The van der Waals surface area contributed by atoms with Gasteiger partial charge in [0.05, 0.1) is 6.20 Å². The van der Waals surface area contributed by atoms with Crippen LogP contribution in [0.25, 0.3) is 0 Å². The molecule has 1 aliphatic rings. The first-order chi connectivity index (χ1) is 11.1. The monoisotopic (exact) mass is 313 g/mol. The van der Waals surface area contributed by atoms with Gasteiger partial charge in [0, 0.05) is 44.2 Å². The van der Waals surface area contributed by atoms with E-state index in [2.05, 4.69) is 70.6 Å². The van der Waals surface area contributed by atoms with Crippen LogP contribution in [-0.4, -0.2) is 48.4 Å². The van der Waals surface area contributed by atoms with Crippen molar-refractivity contribution in [2.45, 2.75) is 19.5 Å². The summed E-state index contributed by atoms with van der Waals surface area (Å²) in [6.07, 6.45) is 1.86. The van der Waals surface area contributed by atoms with E-state index in [0.717, 1.165) is 32.0 Å². The van der Waals surface area contributed by atoms with Gasteiger partial charge in [0.1, 0.15) is 5.82 Å². The zero-order chi connectivity index (χ0) is 16.2. The quantitative estimate of drug-likeness (QED) is 0.857. The van der Waals surface area contributed by atoms with Gasteiger partial charge in [0.25, 0.3) is 0 Å². The van der Waals surface area contributed by atoms with Crippen molar-refractivity contribution in [3.63, 3.8) is 0 Å². The van der Waals surface area contributed by atoms with E-state index in [1.807, 2.05) is 12.3 Å². The van der Waals surface area contributed by atoms with Gasteiger partial charge in [-0.25, -0.2) is 4.68 Å². The zero-order valence-electron chi connectivity index (χ0n) is 14.3. The maximum atomic E-state index is 4.35. The summed E-state index contributed by atoms with van der Waals surface area (Å²) in [6, 6.07) is 11.3. The van der Waals surface area contributed by atoms with Crippen molar-refractivity contribution in [1.82, 2.24) is 20.0 Å². The summed E-state index contributed by atoms with van der Waals surface area (Å²) in [5, 5.41) is 11.4. The smallest absolute Gasteiger partial charge is 0.124 e. The molecule has 1 aliphatic heterocycles.